The van der Waals surface area contributed by atoms with Gasteiger partial charge in [-0.15, -0.1) is 0 Å². The zero-order valence-electron chi connectivity index (χ0n) is 27.8. The van der Waals surface area contributed by atoms with Gasteiger partial charge in [0.15, 0.2) is 29.1 Å². The highest BCUT2D eigenvalue weighted by Crippen LogP contribution is 2.44. The fourth-order valence-electron chi connectivity index (χ4n) is 7.29. The molecule has 0 amide bonds. The summed E-state index contributed by atoms with van der Waals surface area (Å²) in [4.78, 5) is 24.7. The lowest BCUT2D eigenvalue weighted by atomic mass is 9.98. The lowest BCUT2D eigenvalue weighted by Gasteiger charge is -2.13. The van der Waals surface area contributed by atoms with Crippen LogP contribution in [0.2, 0.25) is 0 Å². The Labute approximate surface area is 298 Å². The molecule has 0 bridgehead atoms. The molecule has 0 unspecified atom stereocenters. The van der Waals surface area contributed by atoms with Crippen molar-refractivity contribution >= 4 is 33.4 Å². The minimum Gasteiger partial charge on any atom is -0.456 e. The van der Waals surface area contributed by atoms with Gasteiger partial charge in [0.2, 0.25) is 0 Å². The normalized spacial score (nSPS) is 11.9. The van der Waals surface area contributed by atoms with Gasteiger partial charge in [-0.05, 0) is 52.9 Å². The number of nitrogens with two attached hydrogens (primary N) is 2. The lowest BCUT2D eigenvalue weighted by Crippen LogP contribution is -2.05. The second-order valence-corrected chi connectivity index (χ2v) is 12.9. The van der Waals surface area contributed by atoms with Crippen molar-refractivity contribution in [3.8, 4) is 67.9 Å². The van der Waals surface area contributed by atoms with E-state index in [0.29, 0.717) is 45.8 Å². The average Bonchev–Trinajstić information content (AvgIpc) is 3.78. The van der Waals surface area contributed by atoms with Gasteiger partial charge in [-0.3, -0.25) is 0 Å². The summed E-state index contributed by atoms with van der Waals surface area (Å²) in [6.45, 7) is 0. The summed E-state index contributed by atoms with van der Waals surface area (Å²) in [7, 11) is 0. The minimum atomic E-state index is 0.230. The molecule has 0 saturated heterocycles. The Kier molecular flexibility index (Phi) is 6.69. The van der Waals surface area contributed by atoms with Crippen LogP contribution in [0, 0.1) is 0 Å². The van der Waals surface area contributed by atoms with E-state index in [1.807, 2.05) is 91.0 Å². The molecule has 52 heavy (non-hydrogen) atoms. The van der Waals surface area contributed by atoms with E-state index in [2.05, 4.69) is 48.5 Å². The standard InChI is InChI=1S/C44H29N7O/c45-38-39(47-43(48-40(38)46)31-18-9-16-28-23-27-15-7-8-17-30(27)36(28)31)29-21-22-34-33(24-29)37-32(19-10-20-35(37)52-34)44-50-41(25-11-3-1-4-12-25)49-42(51-44)26-13-5-2-6-14-26/h1-22,24H,23,45H2,(H2,46,47,48). The molecule has 0 fully saturated rings. The van der Waals surface area contributed by atoms with Gasteiger partial charge in [-0.2, -0.15) is 0 Å². The number of anilines is 2. The highest BCUT2D eigenvalue weighted by Gasteiger charge is 2.25. The van der Waals surface area contributed by atoms with Crippen molar-refractivity contribution in [3.05, 3.63) is 151 Å². The SMILES string of the molecule is Nc1nc(-c2cccc3c2-c2ccccc2C3)nc(-c2ccc3oc4cccc(-c5nc(-c6ccccc6)nc(-c6ccccc6)n5)c4c3c2)c1N. The third-order valence-electron chi connectivity index (χ3n) is 9.74. The summed E-state index contributed by atoms with van der Waals surface area (Å²) in [5.74, 6) is 2.47. The zero-order valence-corrected chi connectivity index (χ0v) is 27.8. The van der Waals surface area contributed by atoms with E-state index in [0.717, 1.165) is 50.6 Å². The van der Waals surface area contributed by atoms with Crippen molar-refractivity contribution in [2.24, 2.45) is 0 Å². The molecule has 9 aromatic rings. The van der Waals surface area contributed by atoms with Crippen LogP contribution >= 0.6 is 0 Å². The smallest absolute Gasteiger partial charge is 0.164 e. The zero-order chi connectivity index (χ0) is 34.8. The Hall–Kier alpha value is -7.19. The van der Waals surface area contributed by atoms with E-state index >= 15 is 0 Å². The van der Waals surface area contributed by atoms with Crippen LogP contribution in [0.3, 0.4) is 0 Å². The van der Waals surface area contributed by atoms with Crippen LogP contribution in [0.4, 0.5) is 11.5 Å². The first-order valence-electron chi connectivity index (χ1n) is 17.1. The maximum Gasteiger partial charge on any atom is 0.164 e. The second-order valence-electron chi connectivity index (χ2n) is 12.9. The van der Waals surface area contributed by atoms with E-state index in [1.54, 1.807) is 0 Å². The molecule has 1 aliphatic carbocycles. The maximum absolute atomic E-state index is 6.65. The molecule has 1 aliphatic rings. The number of hydrogen-bond donors (Lipinski definition) is 2. The van der Waals surface area contributed by atoms with Crippen molar-refractivity contribution in [3.63, 3.8) is 0 Å². The number of hydrogen-bond acceptors (Lipinski definition) is 8. The van der Waals surface area contributed by atoms with Gasteiger partial charge in [0.05, 0.1) is 5.69 Å². The first-order valence-corrected chi connectivity index (χ1v) is 17.1. The lowest BCUT2D eigenvalue weighted by molar-refractivity contribution is 0.669. The van der Waals surface area contributed by atoms with Crippen LogP contribution in [-0.2, 0) is 6.42 Å². The molecule has 3 heterocycles. The summed E-state index contributed by atoms with van der Waals surface area (Å²) in [5.41, 5.74) is 24.6. The Balaban J connectivity index is 1.15. The van der Waals surface area contributed by atoms with E-state index in [1.165, 1.54) is 16.7 Å². The quantitative estimate of drug-likeness (QED) is 0.185. The molecule has 0 spiro atoms. The van der Waals surface area contributed by atoms with Gasteiger partial charge >= 0.3 is 0 Å². The molecular weight excluding hydrogens is 643 g/mol. The average molecular weight is 672 g/mol. The molecule has 0 aliphatic heterocycles. The molecular formula is C44H29N7O. The summed E-state index contributed by atoms with van der Waals surface area (Å²) in [6, 6.07) is 46.5. The Morgan fingerprint density at radius 2 is 1.08 bits per heavy atom. The third-order valence-corrected chi connectivity index (χ3v) is 9.74. The molecule has 3 aromatic heterocycles. The van der Waals surface area contributed by atoms with Gasteiger partial charge in [0.25, 0.3) is 0 Å². The first-order chi connectivity index (χ1) is 25.6. The van der Waals surface area contributed by atoms with Crippen molar-refractivity contribution < 1.29 is 4.42 Å². The molecule has 0 saturated carbocycles. The number of nitrogens with zero attached hydrogens (tertiary/aromatic N) is 5. The fraction of sp³-hybridized carbons (Fsp3) is 0.0227. The van der Waals surface area contributed by atoms with E-state index in [-0.39, 0.29) is 5.82 Å². The molecule has 6 aromatic carbocycles. The molecule has 0 radical (unpaired) electrons. The molecule has 8 nitrogen and oxygen atoms in total. The van der Waals surface area contributed by atoms with Crippen LogP contribution in [0.15, 0.2) is 144 Å². The van der Waals surface area contributed by atoms with Crippen LogP contribution in [0.1, 0.15) is 11.1 Å². The molecule has 246 valence electrons. The van der Waals surface area contributed by atoms with Crippen LogP contribution in [0.25, 0.3) is 89.9 Å². The Morgan fingerprint density at radius 1 is 0.462 bits per heavy atom. The van der Waals surface area contributed by atoms with Crippen LogP contribution in [0.5, 0.6) is 0 Å². The van der Waals surface area contributed by atoms with E-state index in [4.69, 9.17) is 40.8 Å². The van der Waals surface area contributed by atoms with E-state index in [9.17, 15) is 0 Å². The highest BCUT2D eigenvalue weighted by atomic mass is 16.3. The Bertz CT molecular complexity index is 2790. The summed E-state index contributed by atoms with van der Waals surface area (Å²) in [6.07, 6.45) is 0.865. The van der Waals surface area contributed by atoms with Crippen LogP contribution < -0.4 is 11.5 Å². The maximum atomic E-state index is 6.65. The third kappa shape index (κ3) is 4.80. The number of fused-ring (bicyclic) bond motifs is 6. The Morgan fingerprint density at radius 3 is 1.85 bits per heavy atom. The molecule has 0 atom stereocenters. The van der Waals surface area contributed by atoms with Crippen molar-refractivity contribution in [1.29, 1.82) is 0 Å². The summed E-state index contributed by atoms with van der Waals surface area (Å²) >= 11 is 0. The predicted octanol–water partition coefficient (Wildman–Crippen LogP) is 9.63. The van der Waals surface area contributed by atoms with Gasteiger partial charge < -0.3 is 15.9 Å². The summed E-state index contributed by atoms with van der Waals surface area (Å²) < 4.78 is 6.41. The molecule has 10 rings (SSSR count). The second kappa shape index (κ2) is 11.7. The first kappa shape index (κ1) is 29.7. The largest absolute Gasteiger partial charge is 0.456 e. The minimum absolute atomic E-state index is 0.230. The van der Waals surface area contributed by atoms with Crippen molar-refractivity contribution in [1.82, 2.24) is 24.9 Å². The molecule has 4 N–H and O–H groups in total. The number of aromatic nitrogens is 5. The van der Waals surface area contributed by atoms with E-state index < -0.39 is 0 Å². The topological polar surface area (TPSA) is 130 Å². The van der Waals surface area contributed by atoms with Gasteiger partial charge in [0, 0.05) is 38.6 Å². The number of rotatable bonds is 5. The highest BCUT2D eigenvalue weighted by molar-refractivity contribution is 6.13. The predicted molar refractivity (Wildman–Crippen MR) is 207 cm³/mol. The number of furan rings is 1. The monoisotopic (exact) mass is 671 g/mol. The van der Waals surface area contributed by atoms with Crippen LogP contribution in [-0.4, -0.2) is 24.9 Å². The van der Waals surface area contributed by atoms with Crippen molar-refractivity contribution in [2.75, 3.05) is 11.5 Å². The van der Waals surface area contributed by atoms with Gasteiger partial charge in [0.1, 0.15) is 16.9 Å². The number of benzene rings is 6. The number of nitrogen functional groups attached to an aromatic ring is 2. The summed E-state index contributed by atoms with van der Waals surface area (Å²) in [5, 5.41) is 1.75. The fourth-order valence-corrected chi connectivity index (χ4v) is 7.29. The molecule has 8 heteroatoms. The van der Waals surface area contributed by atoms with Gasteiger partial charge in [-0.1, -0.05) is 115 Å². The van der Waals surface area contributed by atoms with Gasteiger partial charge in [-0.25, -0.2) is 24.9 Å². The van der Waals surface area contributed by atoms with Crippen molar-refractivity contribution in [2.45, 2.75) is 6.42 Å².